The number of aromatic carboxylic acids is 1. The third-order valence-corrected chi connectivity index (χ3v) is 5.07. The zero-order chi connectivity index (χ0) is 22.5. The van der Waals surface area contributed by atoms with Crippen LogP contribution in [0, 0.1) is 0 Å². The molecule has 3 N–H and O–H groups in total. The lowest BCUT2D eigenvalue weighted by molar-refractivity contribution is 0.0697. The highest BCUT2D eigenvalue weighted by atomic mass is 35.5. The van der Waals surface area contributed by atoms with Crippen molar-refractivity contribution >= 4 is 51.9 Å². The average molecular weight is 465 g/mol. The number of ether oxygens (including phenoxy) is 1. The second-order valence-corrected chi connectivity index (χ2v) is 7.78. The van der Waals surface area contributed by atoms with Crippen molar-refractivity contribution in [2.75, 3.05) is 10.6 Å². The standard InChI is InChI=1S/C25H18Cl2N2O3/c26-16-1-5-18(6-2-16)28-19-9-11-21(12-10-19)32-22-13-14-24(23(15-22)25(30)31)29-20-7-3-17(27)4-8-20/h1-15,28-29H,(H,30,31). The van der Waals surface area contributed by atoms with E-state index >= 15 is 0 Å². The van der Waals surface area contributed by atoms with Gasteiger partial charge in [-0.1, -0.05) is 23.2 Å². The van der Waals surface area contributed by atoms with E-state index in [1.165, 1.54) is 6.07 Å². The Morgan fingerprint density at radius 2 is 1.12 bits per heavy atom. The van der Waals surface area contributed by atoms with Crippen LogP contribution in [-0.4, -0.2) is 11.1 Å². The molecule has 0 radical (unpaired) electrons. The maximum absolute atomic E-state index is 11.8. The summed E-state index contributed by atoms with van der Waals surface area (Å²) in [5.41, 5.74) is 3.08. The van der Waals surface area contributed by atoms with Crippen LogP contribution in [0.4, 0.5) is 22.7 Å². The van der Waals surface area contributed by atoms with Crippen LogP contribution in [0.3, 0.4) is 0 Å². The van der Waals surface area contributed by atoms with Gasteiger partial charge in [0, 0.05) is 27.1 Å². The molecule has 5 nitrogen and oxygen atoms in total. The molecule has 0 saturated heterocycles. The van der Waals surface area contributed by atoms with Gasteiger partial charge < -0.3 is 20.5 Å². The molecule has 0 amide bonds. The number of anilines is 4. The van der Waals surface area contributed by atoms with Crippen LogP contribution in [0.2, 0.25) is 10.0 Å². The lowest BCUT2D eigenvalue weighted by atomic mass is 10.1. The summed E-state index contributed by atoms with van der Waals surface area (Å²) in [7, 11) is 0. The maximum Gasteiger partial charge on any atom is 0.337 e. The summed E-state index contributed by atoms with van der Waals surface area (Å²) >= 11 is 11.8. The van der Waals surface area contributed by atoms with Crippen molar-refractivity contribution in [2.45, 2.75) is 0 Å². The molecular formula is C25H18Cl2N2O3. The van der Waals surface area contributed by atoms with Crippen LogP contribution in [0.25, 0.3) is 0 Å². The Morgan fingerprint density at radius 1 is 0.656 bits per heavy atom. The summed E-state index contributed by atoms with van der Waals surface area (Å²) in [5.74, 6) is -0.0571. The van der Waals surface area contributed by atoms with Gasteiger partial charge >= 0.3 is 5.97 Å². The van der Waals surface area contributed by atoms with E-state index in [-0.39, 0.29) is 5.56 Å². The van der Waals surface area contributed by atoms with Gasteiger partial charge in [-0.25, -0.2) is 4.79 Å². The van der Waals surface area contributed by atoms with E-state index in [1.807, 2.05) is 36.4 Å². The first-order chi connectivity index (χ1) is 15.5. The Morgan fingerprint density at radius 3 is 1.66 bits per heavy atom. The molecule has 0 aliphatic rings. The number of carboxylic acids is 1. The Hall–Kier alpha value is -3.67. The Bertz CT molecular complexity index is 1230. The summed E-state index contributed by atoms with van der Waals surface area (Å²) in [5, 5.41) is 17.3. The third-order valence-electron chi connectivity index (χ3n) is 4.57. The molecule has 0 bridgehead atoms. The van der Waals surface area contributed by atoms with Crippen molar-refractivity contribution in [3.05, 3.63) is 107 Å². The molecule has 32 heavy (non-hydrogen) atoms. The van der Waals surface area contributed by atoms with Crippen LogP contribution < -0.4 is 15.4 Å². The molecule has 4 aromatic rings. The van der Waals surface area contributed by atoms with E-state index in [0.29, 0.717) is 27.2 Å². The minimum atomic E-state index is -1.06. The van der Waals surface area contributed by atoms with Gasteiger partial charge in [0.15, 0.2) is 0 Å². The number of nitrogens with one attached hydrogen (secondary N) is 2. The highest BCUT2D eigenvalue weighted by Gasteiger charge is 2.13. The fourth-order valence-corrected chi connectivity index (χ4v) is 3.26. The summed E-state index contributed by atoms with van der Waals surface area (Å²) in [6, 6.07) is 26.6. The third kappa shape index (κ3) is 5.52. The molecule has 0 fully saturated rings. The predicted molar refractivity (Wildman–Crippen MR) is 129 cm³/mol. The minimum absolute atomic E-state index is 0.0958. The van der Waals surface area contributed by atoms with Crippen molar-refractivity contribution in [1.82, 2.24) is 0 Å². The lowest BCUT2D eigenvalue weighted by Crippen LogP contribution is -2.03. The maximum atomic E-state index is 11.8. The normalized spacial score (nSPS) is 10.4. The highest BCUT2D eigenvalue weighted by Crippen LogP contribution is 2.30. The molecular weight excluding hydrogens is 447 g/mol. The molecule has 4 rings (SSSR count). The van der Waals surface area contributed by atoms with Crippen LogP contribution >= 0.6 is 23.2 Å². The molecule has 0 spiro atoms. The molecule has 0 atom stereocenters. The van der Waals surface area contributed by atoms with Crippen LogP contribution in [0.15, 0.2) is 91.0 Å². The number of halogens is 2. The topological polar surface area (TPSA) is 70.6 Å². The number of hydrogen-bond donors (Lipinski definition) is 3. The van der Waals surface area contributed by atoms with Gasteiger partial charge in [0.2, 0.25) is 0 Å². The van der Waals surface area contributed by atoms with E-state index < -0.39 is 5.97 Å². The van der Waals surface area contributed by atoms with Crippen molar-refractivity contribution in [2.24, 2.45) is 0 Å². The molecule has 7 heteroatoms. The summed E-state index contributed by atoms with van der Waals surface area (Å²) < 4.78 is 5.86. The summed E-state index contributed by atoms with van der Waals surface area (Å²) in [4.78, 5) is 11.8. The highest BCUT2D eigenvalue weighted by molar-refractivity contribution is 6.30. The minimum Gasteiger partial charge on any atom is -0.478 e. The van der Waals surface area contributed by atoms with Crippen molar-refractivity contribution in [3.8, 4) is 11.5 Å². The van der Waals surface area contributed by atoms with Crippen LogP contribution in [-0.2, 0) is 0 Å². The molecule has 0 aliphatic heterocycles. The summed E-state index contributed by atoms with van der Waals surface area (Å²) in [6.07, 6.45) is 0. The Labute approximate surface area is 195 Å². The average Bonchev–Trinajstić information content (AvgIpc) is 2.79. The fraction of sp³-hybridized carbons (Fsp3) is 0. The van der Waals surface area contributed by atoms with Gasteiger partial charge in [-0.3, -0.25) is 0 Å². The fourth-order valence-electron chi connectivity index (χ4n) is 3.00. The molecule has 0 saturated carbocycles. The SMILES string of the molecule is O=C(O)c1cc(Oc2ccc(Nc3ccc(Cl)cc3)cc2)ccc1Nc1ccc(Cl)cc1. The molecule has 0 aromatic heterocycles. The lowest BCUT2D eigenvalue weighted by Gasteiger charge is -2.13. The van der Waals surface area contributed by atoms with E-state index in [1.54, 1.807) is 48.5 Å². The number of benzene rings is 4. The van der Waals surface area contributed by atoms with Gasteiger partial charge in [0.05, 0.1) is 11.3 Å². The van der Waals surface area contributed by atoms with Crippen molar-refractivity contribution in [1.29, 1.82) is 0 Å². The van der Waals surface area contributed by atoms with Gasteiger partial charge in [0.25, 0.3) is 0 Å². The monoisotopic (exact) mass is 464 g/mol. The second kappa shape index (κ2) is 9.64. The molecule has 0 heterocycles. The smallest absolute Gasteiger partial charge is 0.337 e. The number of carbonyl (C=O) groups is 1. The second-order valence-electron chi connectivity index (χ2n) is 6.90. The van der Waals surface area contributed by atoms with Gasteiger partial charge in [-0.15, -0.1) is 0 Å². The Balaban J connectivity index is 1.47. The number of carboxylic acid groups (broad SMARTS) is 1. The summed E-state index contributed by atoms with van der Waals surface area (Å²) in [6.45, 7) is 0. The van der Waals surface area contributed by atoms with Crippen LogP contribution in [0.5, 0.6) is 11.5 Å². The van der Waals surface area contributed by atoms with E-state index in [0.717, 1.165) is 17.1 Å². The van der Waals surface area contributed by atoms with E-state index in [9.17, 15) is 9.90 Å². The van der Waals surface area contributed by atoms with E-state index in [4.69, 9.17) is 27.9 Å². The Kier molecular flexibility index (Phi) is 6.50. The molecule has 0 aliphatic carbocycles. The van der Waals surface area contributed by atoms with Gasteiger partial charge in [-0.05, 0) is 91.0 Å². The molecule has 0 unspecified atom stereocenters. The van der Waals surface area contributed by atoms with E-state index in [2.05, 4.69) is 10.6 Å². The molecule has 160 valence electrons. The van der Waals surface area contributed by atoms with Crippen LogP contribution in [0.1, 0.15) is 10.4 Å². The largest absolute Gasteiger partial charge is 0.478 e. The predicted octanol–water partition coefficient (Wildman–Crippen LogP) is 7.97. The first kappa shape index (κ1) is 21.6. The first-order valence-electron chi connectivity index (χ1n) is 9.67. The zero-order valence-corrected chi connectivity index (χ0v) is 18.2. The van der Waals surface area contributed by atoms with Crippen molar-refractivity contribution < 1.29 is 14.6 Å². The number of rotatable bonds is 7. The van der Waals surface area contributed by atoms with Crippen molar-refractivity contribution in [3.63, 3.8) is 0 Å². The molecule has 4 aromatic carbocycles. The van der Waals surface area contributed by atoms with Gasteiger partial charge in [-0.2, -0.15) is 0 Å². The zero-order valence-electron chi connectivity index (χ0n) is 16.7. The quantitative estimate of drug-likeness (QED) is 0.258. The van der Waals surface area contributed by atoms with Gasteiger partial charge in [0.1, 0.15) is 11.5 Å². The first-order valence-corrected chi connectivity index (χ1v) is 10.4. The number of hydrogen-bond acceptors (Lipinski definition) is 4.